The van der Waals surface area contributed by atoms with Crippen LogP contribution < -0.4 is 0 Å². The Morgan fingerprint density at radius 2 is 0.968 bits per heavy atom. The van der Waals surface area contributed by atoms with Gasteiger partial charge in [0.25, 0.3) is 0 Å². The highest BCUT2D eigenvalue weighted by molar-refractivity contribution is 6.03. The number of hydrogen-bond acceptors (Lipinski definition) is 5. The van der Waals surface area contributed by atoms with E-state index in [4.69, 9.17) is 14.6 Å². The predicted octanol–water partition coefficient (Wildman–Crippen LogP) is 6.72. The minimum Gasteiger partial charge on any atom is -0.462 e. The van der Waals surface area contributed by atoms with E-state index in [1.54, 1.807) is 31.2 Å². The number of benzene rings is 1. The molecule has 0 unspecified atom stereocenters. The zero-order chi connectivity index (χ0) is 23.2. The molecule has 0 atom stereocenters. The molecule has 178 valence electrons. The second kappa shape index (κ2) is 21.4. The lowest BCUT2D eigenvalue weighted by Crippen LogP contribution is -2.15. The average Bonchev–Trinajstić information content (AvgIpc) is 2.78. The number of carbonyl (C=O) groups excluding carboxylic acids is 2. The second-order valence-electron chi connectivity index (χ2n) is 7.67. The van der Waals surface area contributed by atoms with Crippen molar-refractivity contribution in [1.29, 1.82) is 0 Å². The Kier molecular flexibility index (Phi) is 20.1. The van der Waals surface area contributed by atoms with Crippen LogP contribution >= 0.6 is 0 Å². The molecule has 1 aromatic rings. The molecule has 0 aromatic heterocycles. The van der Waals surface area contributed by atoms with E-state index in [1.165, 1.54) is 51.4 Å². The maximum absolute atomic E-state index is 12.4. The maximum Gasteiger partial charge on any atom is 0.339 e. The maximum atomic E-state index is 12.4. The molecule has 1 aromatic carbocycles. The number of aliphatic hydroxyl groups excluding tert-OH is 1. The molecule has 1 rings (SSSR count). The number of ether oxygens (including phenoxy) is 2. The van der Waals surface area contributed by atoms with E-state index >= 15 is 0 Å². The third-order valence-electron chi connectivity index (χ3n) is 4.83. The van der Waals surface area contributed by atoms with Crippen LogP contribution in [0.4, 0.5) is 0 Å². The fourth-order valence-corrected chi connectivity index (χ4v) is 3.09. The van der Waals surface area contributed by atoms with E-state index in [-0.39, 0.29) is 6.61 Å². The molecular weight excluding hydrogens is 392 g/mol. The summed E-state index contributed by atoms with van der Waals surface area (Å²) < 4.78 is 10.7. The molecule has 0 aliphatic rings. The fraction of sp³-hybridized carbons (Fsp3) is 0.692. The molecule has 0 spiro atoms. The topological polar surface area (TPSA) is 72.8 Å². The molecule has 0 amide bonds. The summed E-state index contributed by atoms with van der Waals surface area (Å²) in [5.41, 5.74) is 0.586. The lowest BCUT2D eigenvalue weighted by Gasteiger charge is -2.10. The number of aliphatic hydroxyl groups is 1. The number of carbonyl (C=O) groups is 2. The second-order valence-corrected chi connectivity index (χ2v) is 7.67. The van der Waals surface area contributed by atoms with E-state index < -0.39 is 11.9 Å². The van der Waals surface area contributed by atoms with Gasteiger partial charge in [0.05, 0.1) is 24.3 Å². The normalized spacial score (nSPS) is 10.2. The molecular formula is C26H44O5. The lowest BCUT2D eigenvalue weighted by molar-refractivity contribution is 0.0450. The smallest absolute Gasteiger partial charge is 0.339 e. The quantitative estimate of drug-likeness (QED) is 0.230. The van der Waals surface area contributed by atoms with Crippen molar-refractivity contribution in [2.75, 3.05) is 19.8 Å². The molecule has 0 heterocycles. The molecule has 31 heavy (non-hydrogen) atoms. The molecule has 1 N–H and O–H groups in total. The van der Waals surface area contributed by atoms with Gasteiger partial charge in [-0.3, -0.25) is 0 Å². The van der Waals surface area contributed by atoms with Gasteiger partial charge in [-0.1, -0.05) is 90.2 Å². The Morgan fingerprint density at radius 3 is 1.32 bits per heavy atom. The molecule has 0 bridgehead atoms. The Morgan fingerprint density at radius 1 is 0.645 bits per heavy atom. The van der Waals surface area contributed by atoms with Gasteiger partial charge in [0.15, 0.2) is 0 Å². The van der Waals surface area contributed by atoms with E-state index in [9.17, 15) is 9.59 Å². The van der Waals surface area contributed by atoms with E-state index in [0.29, 0.717) is 24.3 Å². The van der Waals surface area contributed by atoms with Gasteiger partial charge in [-0.2, -0.15) is 0 Å². The van der Waals surface area contributed by atoms with Crippen LogP contribution in [0.5, 0.6) is 0 Å². The summed E-state index contributed by atoms with van der Waals surface area (Å²) in [6, 6.07) is 6.74. The number of unbranched alkanes of at least 4 members (excludes halogenated alkanes) is 10. The summed E-state index contributed by atoms with van der Waals surface area (Å²) in [6.07, 6.45) is 13.6. The predicted molar refractivity (Wildman–Crippen MR) is 127 cm³/mol. The summed E-state index contributed by atoms with van der Waals surface area (Å²) >= 11 is 0. The van der Waals surface area contributed by atoms with Crippen molar-refractivity contribution in [2.24, 2.45) is 0 Å². The van der Waals surface area contributed by atoms with Crippen LogP contribution in [-0.2, 0) is 9.47 Å². The Hall–Kier alpha value is -1.88. The van der Waals surface area contributed by atoms with Crippen molar-refractivity contribution >= 4 is 11.9 Å². The number of hydrogen-bond donors (Lipinski definition) is 1. The van der Waals surface area contributed by atoms with E-state index in [1.807, 2.05) is 0 Å². The van der Waals surface area contributed by atoms with Crippen LogP contribution in [0.2, 0.25) is 0 Å². The van der Waals surface area contributed by atoms with Crippen molar-refractivity contribution in [2.45, 2.75) is 97.8 Å². The molecule has 0 saturated heterocycles. The zero-order valence-electron chi connectivity index (χ0n) is 20.0. The minimum absolute atomic E-state index is 0.250. The van der Waals surface area contributed by atoms with Crippen molar-refractivity contribution in [3.05, 3.63) is 35.4 Å². The first-order valence-electron chi connectivity index (χ1n) is 12.2. The standard InChI is InChI=1S/C24H38O4.C2H6O/c1-3-5-7-9-11-15-19-27-23(25)21-17-13-14-18-22(21)24(26)28-20-16-12-10-8-6-4-2;1-2-3/h13-14,17-18H,3-12,15-16,19-20H2,1-2H3;3H,2H2,1H3. The monoisotopic (exact) mass is 436 g/mol. The van der Waals surface area contributed by atoms with Crippen molar-refractivity contribution < 1.29 is 24.2 Å². The fourth-order valence-electron chi connectivity index (χ4n) is 3.09. The van der Waals surface area contributed by atoms with Crippen LogP contribution in [0.3, 0.4) is 0 Å². The van der Waals surface area contributed by atoms with Gasteiger partial charge in [-0.15, -0.1) is 0 Å². The van der Waals surface area contributed by atoms with Crippen molar-refractivity contribution in [1.82, 2.24) is 0 Å². The number of esters is 2. The highest BCUT2D eigenvalue weighted by Gasteiger charge is 2.18. The molecule has 0 radical (unpaired) electrons. The molecule has 0 saturated carbocycles. The van der Waals surface area contributed by atoms with Gasteiger partial charge >= 0.3 is 11.9 Å². The molecule has 0 fully saturated rings. The zero-order valence-corrected chi connectivity index (χ0v) is 20.0. The van der Waals surface area contributed by atoms with Crippen LogP contribution in [0.25, 0.3) is 0 Å². The highest BCUT2D eigenvalue weighted by atomic mass is 16.5. The van der Waals surface area contributed by atoms with E-state index in [2.05, 4.69) is 13.8 Å². The Balaban J connectivity index is 0.00000282. The van der Waals surface area contributed by atoms with Crippen LogP contribution in [-0.4, -0.2) is 36.9 Å². The Labute approximate surface area is 189 Å². The van der Waals surface area contributed by atoms with Gasteiger partial charge in [0, 0.05) is 6.61 Å². The third-order valence-corrected chi connectivity index (χ3v) is 4.83. The van der Waals surface area contributed by atoms with Crippen LogP contribution in [0, 0.1) is 0 Å². The van der Waals surface area contributed by atoms with Crippen molar-refractivity contribution in [3.63, 3.8) is 0 Å². The largest absolute Gasteiger partial charge is 0.462 e. The van der Waals surface area contributed by atoms with Gasteiger partial charge < -0.3 is 14.6 Å². The van der Waals surface area contributed by atoms with Gasteiger partial charge in [-0.25, -0.2) is 9.59 Å². The molecule has 0 aliphatic carbocycles. The summed E-state index contributed by atoms with van der Waals surface area (Å²) in [6.45, 7) is 7.11. The molecule has 0 aliphatic heterocycles. The van der Waals surface area contributed by atoms with E-state index in [0.717, 1.165) is 25.7 Å². The lowest BCUT2D eigenvalue weighted by atomic mass is 10.1. The summed E-state index contributed by atoms with van der Waals surface area (Å²) in [7, 11) is 0. The first-order chi connectivity index (χ1) is 15.1. The SMILES string of the molecule is CCCCCCCCOC(=O)c1ccccc1C(=O)OCCCCCCCC.CCO. The van der Waals surface area contributed by atoms with Crippen LogP contribution in [0.15, 0.2) is 24.3 Å². The van der Waals surface area contributed by atoms with Crippen LogP contribution in [0.1, 0.15) is 119 Å². The average molecular weight is 437 g/mol. The highest BCUT2D eigenvalue weighted by Crippen LogP contribution is 2.14. The molecule has 5 heteroatoms. The minimum atomic E-state index is -0.444. The van der Waals surface area contributed by atoms with Gasteiger partial charge in [0.2, 0.25) is 0 Å². The first kappa shape index (κ1) is 29.1. The van der Waals surface area contributed by atoms with Crippen molar-refractivity contribution in [3.8, 4) is 0 Å². The summed E-state index contributed by atoms with van der Waals surface area (Å²) in [4.78, 5) is 24.7. The number of rotatable bonds is 16. The summed E-state index contributed by atoms with van der Waals surface area (Å²) in [5, 5.41) is 7.57. The van der Waals surface area contributed by atoms with Gasteiger partial charge in [0.1, 0.15) is 0 Å². The first-order valence-corrected chi connectivity index (χ1v) is 12.2. The third kappa shape index (κ3) is 15.6. The molecule has 5 nitrogen and oxygen atoms in total. The Bertz CT molecular complexity index is 522. The summed E-state index contributed by atoms with van der Waals surface area (Å²) in [5.74, 6) is -0.888. The van der Waals surface area contributed by atoms with Gasteiger partial charge in [-0.05, 0) is 31.9 Å².